The van der Waals surface area contributed by atoms with Crippen molar-refractivity contribution in [3.63, 3.8) is 0 Å². The van der Waals surface area contributed by atoms with Crippen molar-refractivity contribution in [2.24, 2.45) is 0 Å². The van der Waals surface area contributed by atoms with E-state index in [1.807, 2.05) is 0 Å². The van der Waals surface area contributed by atoms with Crippen LogP contribution in [-0.4, -0.2) is 30.9 Å². The number of hydrogen-bond donors (Lipinski definition) is 2. The van der Waals surface area contributed by atoms with E-state index >= 15 is 0 Å². The molecule has 0 radical (unpaired) electrons. The second kappa shape index (κ2) is 6.96. The standard InChI is InChI=1S/C16H23FN2O3/c1-16(2,3)22-15(20)19-14-9-11(6-7-13(14)17)18-12-5-4-8-21-10-12/h6-7,9,12,18H,4-5,8,10H2,1-3H3,(H,19,20). The van der Waals surface area contributed by atoms with Gasteiger partial charge in [0.2, 0.25) is 0 Å². The molecule has 0 saturated carbocycles. The molecule has 1 aromatic carbocycles. The molecule has 0 spiro atoms. The summed E-state index contributed by atoms with van der Waals surface area (Å²) in [6.45, 7) is 6.68. The van der Waals surface area contributed by atoms with Crippen molar-refractivity contribution >= 4 is 17.5 Å². The van der Waals surface area contributed by atoms with Crippen LogP contribution in [0.1, 0.15) is 33.6 Å². The minimum atomic E-state index is -0.676. The summed E-state index contributed by atoms with van der Waals surface area (Å²) in [5.74, 6) is -0.503. The van der Waals surface area contributed by atoms with Crippen LogP contribution in [-0.2, 0) is 9.47 Å². The van der Waals surface area contributed by atoms with Gasteiger partial charge in [-0.3, -0.25) is 5.32 Å². The fourth-order valence-corrected chi connectivity index (χ4v) is 2.21. The van der Waals surface area contributed by atoms with Crippen LogP contribution in [0.25, 0.3) is 0 Å². The smallest absolute Gasteiger partial charge is 0.412 e. The number of rotatable bonds is 3. The lowest BCUT2D eigenvalue weighted by molar-refractivity contribution is 0.0635. The van der Waals surface area contributed by atoms with E-state index in [9.17, 15) is 9.18 Å². The molecule has 1 aliphatic heterocycles. The maximum Gasteiger partial charge on any atom is 0.412 e. The monoisotopic (exact) mass is 310 g/mol. The third kappa shape index (κ3) is 5.18. The summed E-state index contributed by atoms with van der Waals surface area (Å²) in [6, 6.07) is 4.73. The van der Waals surface area contributed by atoms with E-state index in [4.69, 9.17) is 9.47 Å². The van der Waals surface area contributed by atoms with Gasteiger partial charge in [0.15, 0.2) is 0 Å². The quantitative estimate of drug-likeness (QED) is 0.892. The fourth-order valence-electron chi connectivity index (χ4n) is 2.21. The van der Waals surface area contributed by atoms with Crippen LogP contribution in [0.4, 0.5) is 20.6 Å². The lowest BCUT2D eigenvalue weighted by atomic mass is 10.1. The summed E-state index contributed by atoms with van der Waals surface area (Å²) in [5, 5.41) is 5.72. The van der Waals surface area contributed by atoms with Gasteiger partial charge in [-0.15, -0.1) is 0 Å². The molecular weight excluding hydrogens is 287 g/mol. The highest BCUT2D eigenvalue weighted by Crippen LogP contribution is 2.22. The van der Waals surface area contributed by atoms with E-state index < -0.39 is 17.5 Å². The molecule has 5 nitrogen and oxygen atoms in total. The van der Waals surface area contributed by atoms with Gasteiger partial charge in [0, 0.05) is 18.3 Å². The highest BCUT2D eigenvalue weighted by atomic mass is 19.1. The first kappa shape index (κ1) is 16.5. The van der Waals surface area contributed by atoms with Gasteiger partial charge in [-0.25, -0.2) is 9.18 Å². The average molecular weight is 310 g/mol. The molecule has 0 bridgehead atoms. The molecule has 6 heteroatoms. The van der Waals surface area contributed by atoms with Crippen LogP contribution in [0, 0.1) is 5.82 Å². The zero-order chi connectivity index (χ0) is 16.2. The average Bonchev–Trinajstić information content (AvgIpc) is 2.41. The normalized spacial score (nSPS) is 18.6. The van der Waals surface area contributed by atoms with Gasteiger partial charge in [-0.1, -0.05) is 0 Å². The SMILES string of the molecule is CC(C)(C)OC(=O)Nc1cc(NC2CCCOC2)ccc1F. The van der Waals surface area contributed by atoms with Gasteiger partial charge in [0.1, 0.15) is 11.4 Å². The number of amides is 1. The van der Waals surface area contributed by atoms with E-state index in [0.29, 0.717) is 6.61 Å². The van der Waals surface area contributed by atoms with Gasteiger partial charge in [-0.05, 0) is 51.8 Å². The Balaban J connectivity index is 2.01. The van der Waals surface area contributed by atoms with Gasteiger partial charge < -0.3 is 14.8 Å². The minimum Gasteiger partial charge on any atom is -0.444 e. The van der Waals surface area contributed by atoms with Gasteiger partial charge in [0.25, 0.3) is 0 Å². The van der Waals surface area contributed by atoms with Gasteiger partial charge in [-0.2, -0.15) is 0 Å². The molecule has 22 heavy (non-hydrogen) atoms. The zero-order valence-corrected chi connectivity index (χ0v) is 13.2. The predicted octanol–water partition coefficient (Wildman–Crippen LogP) is 3.76. The first-order valence-corrected chi connectivity index (χ1v) is 7.47. The lowest BCUT2D eigenvalue weighted by Gasteiger charge is -2.24. The van der Waals surface area contributed by atoms with Crippen molar-refractivity contribution in [1.29, 1.82) is 0 Å². The van der Waals surface area contributed by atoms with Crippen LogP contribution in [0.15, 0.2) is 18.2 Å². The first-order chi connectivity index (χ1) is 10.3. The van der Waals surface area contributed by atoms with E-state index in [2.05, 4.69) is 10.6 Å². The summed E-state index contributed by atoms with van der Waals surface area (Å²) in [5.41, 5.74) is 0.203. The first-order valence-electron chi connectivity index (χ1n) is 7.47. The summed E-state index contributed by atoms with van der Waals surface area (Å²) < 4.78 is 24.3. The third-order valence-electron chi connectivity index (χ3n) is 3.13. The van der Waals surface area contributed by atoms with E-state index in [1.165, 1.54) is 6.07 Å². The molecule has 1 heterocycles. The van der Waals surface area contributed by atoms with Crippen LogP contribution in [0.3, 0.4) is 0 Å². The number of hydrogen-bond acceptors (Lipinski definition) is 4. The van der Waals surface area contributed by atoms with Crippen molar-refractivity contribution in [2.45, 2.75) is 45.3 Å². The van der Waals surface area contributed by atoms with Gasteiger partial charge >= 0.3 is 6.09 Å². The number of benzene rings is 1. The van der Waals surface area contributed by atoms with Crippen LogP contribution < -0.4 is 10.6 Å². The fraction of sp³-hybridized carbons (Fsp3) is 0.562. The molecule has 2 rings (SSSR count). The molecule has 1 aliphatic rings. The van der Waals surface area contributed by atoms with Crippen LogP contribution in [0.5, 0.6) is 0 Å². The Labute approximate surface area is 130 Å². The summed E-state index contributed by atoms with van der Waals surface area (Å²) in [7, 11) is 0. The highest BCUT2D eigenvalue weighted by molar-refractivity contribution is 5.85. The van der Waals surface area contributed by atoms with Crippen molar-refractivity contribution in [3.8, 4) is 0 Å². The molecule has 1 atom stereocenters. The van der Waals surface area contributed by atoms with Crippen molar-refractivity contribution < 1.29 is 18.7 Å². The number of carbonyl (C=O) groups is 1. The van der Waals surface area contributed by atoms with E-state index in [1.54, 1.807) is 32.9 Å². The topological polar surface area (TPSA) is 59.6 Å². The lowest BCUT2D eigenvalue weighted by Crippen LogP contribution is -2.30. The summed E-state index contributed by atoms with van der Waals surface area (Å²) >= 11 is 0. The van der Waals surface area contributed by atoms with Crippen molar-refractivity contribution in [2.75, 3.05) is 23.8 Å². The molecule has 2 N–H and O–H groups in total. The molecule has 1 saturated heterocycles. The number of nitrogens with one attached hydrogen (secondary N) is 2. The summed E-state index contributed by atoms with van der Waals surface area (Å²) in [4.78, 5) is 11.7. The van der Waals surface area contributed by atoms with E-state index in [0.717, 1.165) is 25.1 Å². The predicted molar refractivity (Wildman–Crippen MR) is 83.7 cm³/mol. The highest BCUT2D eigenvalue weighted by Gasteiger charge is 2.18. The molecule has 0 aliphatic carbocycles. The molecular formula is C16H23FN2O3. The van der Waals surface area contributed by atoms with Crippen LogP contribution >= 0.6 is 0 Å². The number of anilines is 2. The maximum atomic E-state index is 13.8. The molecule has 1 unspecified atom stereocenters. The molecule has 0 aromatic heterocycles. The Kier molecular flexibility index (Phi) is 5.24. The Morgan fingerprint density at radius 1 is 1.41 bits per heavy atom. The second-order valence-electron chi connectivity index (χ2n) is 6.38. The minimum absolute atomic E-state index is 0.0935. The largest absolute Gasteiger partial charge is 0.444 e. The molecule has 1 amide bonds. The second-order valence-corrected chi connectivity index (χ2v) is 6.38. The van der Waals surface area contributed by atoms with Gasteiger partial charge in [0.05, 0.1) is 12.3 Å². The molecule has 1 fully saturated rings. The maximum absolute atomic E-state index is 13.8. The van der Waals surface area contributed by atoms with E-state index in [-0.39, 0.29) is 11.7 Å². The Morgan fingerprint density at radius 3 is 2.82 bits per heavy atom. The Morgan fingerprint density at radius 2 is 2.18 bits per heavy atom. The molecule has 122 valence electrons. The van der Waals surface area contributed by atoms with Crippen molar-refractivity contribution in [3.05, 3.63) is 24.0 Å². The van der Waals surface area contributed by atoms with Crippen molar-refractivity contribution in [1.82, 2.24) is 0 Å². The number of halogens is 1. The third-order valence-corrected chi connectivity index (χ3v) is 3.13. The summed E-state index contributed by atoms with van der Waals surface area (Å²) in [6.07, 6.45) is 1.33. The number of carbonyl (C=O) groups excluding carboxylic acids is 1. The van der Waals surface area contributed by atoms with Crippen LogP contribution in [0.2, 0.25) is 0 Å². The Hall–Kier alpha value is -1.82. The Bertz CT molecular complexity index is 523. The number of ether oxygens (including phenoxy) is 2. The zero-order valence-electron chi connectivity index (χ0n) is 13.2. The molecule has 1 aromatic rings.